The first-order valence-corrected chi connectivity index (χ1v) is 20.2. The Labute approximate surface area is 253 Å². The number of hydrogen-bond donors (Lipinski definition) is 1. The molecule has 1 spiro atoms. The minimum absolute atomic E-state index is 0.0675. The Morgan fingerprint density at radius 1 is 1.02 bits per heavy atom. The molecule has 3 aliphatic heterocycles. The first-order chi connectivity index (χ1) is 20.2. The number of aliphatic hydroxyl groups excluding tert-OH is 1. The molecule has 1 N–H and O–H groups in total. The summed E-state index contributed by atoms with van der Waals surface area (Å²) >= 11 is 0. The lowest BCUT2D eigenvalue weighted by molar-refractivity contribution is -0.150. The van der Waals surface area contributed by atoms with Gasteiger partial charge in [0, 0.05) is 37.9 Å². The Morgan fingerprint density at radius 2 is 1.74 bits per heavy atom. The maximum atomic E-state index is 14.8. The number of hydrogen-bond acceptors (Lipinski definition) is 6. The normalized spacial score (nSPS) is 39.4. The van der Waals surface area contributed by atoms with Crippen molar-refractivity contribution in [2.75, 3.05) is 33.4 Å². The van der Waals surface area contributed by atoms with Crippen molar-refractivity contribution in [1.29, 1.82) is 0 Å². The summed E-state index contributed by atoms with van der Waals surface area (Å²) in [7, 11) is -0.0363. The maximum absolute atomic E-state index is 14.8. The minimum Gasteiger partial charge on any atom is -0.448 e. The predicted octanol–water partition coefficient (Wildman–Crippen LogP) is 5.86. The molecule has 9 heteroatoms. The van der Waals surface area contributed by atoms with E-state index < -0.39 is 13.7 Å². The molecule has 4 fully saturated rings. The second kappa shape index (κ2) is 12.2. The summed E-state index contributed by atoms with van der Waals surface area (Å²) in [6.07, 6.45) is 13.6. The number of cyclic esters (lactones) is 1. The van der Waals surface area contributed by atoms with E-state index in [1.165, 1.54) is 24.1 Å². The molecule has 0 aromatic heterocycles. The highest BCUT2D eigenvalue weighted by Crippen LogP contribution is 2.61. The molecule has 0 bridgehead atoms. The molecule has 4 atom stereocenters. The molecular weight excluding hydrogens is 548 g/mol. The Balaban J connectivity index is 1.23. The van der Waals surface area contributed by atoms with E-state index in [2.05, 4.69) is 24.9 Å². The van der Waals surface area contributed by atoms with E-state index in [4.69, 9.17) is 14.2 Å². The molecule has 0 aromatic rings. The summed E-state index contributed by atoms with van der Waals surface area (Å²) < 4.78 is 18.0. The van der Waals surface area contributed by atoms with E-state index >= 15 is 0 Å². The number of amides is 2. The van der Waals surface area contributed by atoms with Crippen LogP contribution in [0, 0.1) is 11.8 Å². The van der Waals surface area contributed by atoms with Crippen LogP contribution in [-0.4, -0.2) is 92.2 Å². The summed E-state index contributed by atoms with van der Waals surface area (Å²) in [4.78, 5) is 31.0. The quantitative estimate of drug-likeness (QED) is 0.350. The van der Waals surface area contributed by atoms with Gasteiger partial charge in [-0.3, -0.25) is 4.79 Å². The lowest BCUT2D eigenvalue weighted by atomic mass is 9.78. The van der Waals surface area contributed by atoms with Gasteiger partial charge in [-0.1, -0.05) is 32.9 Å². The summed E-state index contributed by atoms with van der Waals surface area (Å²) in [5, 5.41) is 10.2. The molecular formula is C33H54N2O6Si. The Hall–Kier alpha value is -1.42. The summed E-state index contributed by atoms with van der Waals surface area (Å²) in [6, 6.07) is 0.269. The van der Waals surface area contributed by atoms with Gasteiger partial charge in [-0.2, -0.15) is 0 Å². The number of fused-ring (bicyclic) bond motifs is 1. The molecule has 3 heterocycles. The molecule has 42 heavy (non-hydrogen) atoms. The monoisotopic (exact) mass is 602 g/mol. The van der Waals surface area contributed by atoms with Gasteiger partial charge in [0.15, 0.2) is 5.60 Å². The topological polar surface area (TPSA) is 88.5 Å². The van der Waals surface area contributed by atoms with Gasteiger partial charge < -0.3 is 29.1 Å². The number of ether oxygens (including phenoxy) is 3. The van der Waals surface area contributed by atoms with Crippen molar-refractivity contribution < 1.29 is 28.9 Å². The third-order valence-electron chi connectivity index (χ3n) is 12.5. The van der Waals surface area contributed by atoms with Crippen LogP contribution in [0.3, 0.4) is 0 Å². The zero-order chi connectivity index (χ0) is 29.6. The van der Waals surface area contributed by atoms with Crippen molar-refractivity contribution in [3.63, 3.8) is 0 Å². The van der Waals surface area contributed by atoms with Crippen molar-refractivity contribution in [3.05, 3.63) is 11.3 Å². The van der Waals surface area contributed by atoms with E-state index in [1.807, 2.05) is 12.0 Å². The van der Waals surface area contributed by atoms with E-state index in [0.717, 1.165) is 70.8 Å². The number of allylic oxidation sites excluding steroid dienone is 1. The molecule has 2 amide bonds. The maximum Gasteiger partial charge on any atom is 0.410 e. The first-order valence-electron chi connectivity index (χ1n) is 17.0. The van der Waals surface area contributed by atoms with Gasteiger partial charge in [0.05, 0.1) is 26.8 Å². The molecule has 0 aromatic carbocycles. The molecule has 6 rings (SSSR count). The van der Waals surface area contributed by atoms with Crippen molar-refractivity contribution >= 4 is 20.1 Å². The van der Waals surface area contributed by atoms with E-state index in [9.17, 15) is 14.7 Å². The molecule has 6 aliphatic rings. The van der Waals surface area contributed by atoms with E-state index in [1.54, 1.807) is 0 Å². The summed E-state index contributed by atoms with van der Waals surface area (Å²) in [6.45, 7) is 9.48. The highest BCUT2D eigenvalue weighted by atomic mass is 28.3. The summed E-state index contributed by atoms with van der Waals surface area (Å²) in [5.74, 6) is 0.746. The van der Waals surface area contributed by atoms with Gasteiger partial charge >= 0.3 is 6.09 Å². The van der Waals surface area contributed by atoms with Gasteiger partial charge in [0.2, 0.25) is 0 Å². The van der Waals surface area contributed by atoms with Crippen LogP contribution in [0.25, 0.3) is 0 Å². The number of carbonyl (C=O) groups excluding carboxylic acids is 2. The highest BCUT2D eigenvalue weighted by molar-refractivity contribution is 6.80. The third-order valence-corrected chi connectivity index (χ3v) is 17.8. The van der Waals surface area contributed by atoms with Crippen molar-refractivity contribution in [1.82, 2.24) is 9.80 Å². The summed E-state index contributed by atoms with van der Waals surface area (Å²) in [5.41, 5.74) is 2.70. The molecule has 8 nitrogen and oxygen atoms in total. The Morgan fingerprint density at radius 3 is 2.38 bits per heavy atom. The number of methoxy groups -OCH3 is 1. The average Bonchev–Trinajstić information content (AvgIpc) is 3.63. The lowest BCUT2D eigenvalue weighted by Gasteiger charge is -2.44. The van der Waals surface area contributed by atoms with Crippen LogP contribution in [0.5, 0.6) is 0 Å². The Kier molecular flexibility index (Phi) is 8.86. The zero-order valence-corrected chi connectivity index (χ0v) is 27.4. The minimum atomic E-state index is -1.87. The Bertz CT molecular complexity index is 1050. The first kappa shape index (κ1) is 30.6. The second-order valence-electron chi connectivity index (χ2n) is 14.8. The van der Waals surface area contributed by atoms with Gasteiger partial charge in [0.1, 0.15) is 6.61 Å². The van der Waals surface area contributed by atoms with Crippen molar-refractivity contribution in [2.45, 2.75) is 138 Å². The van der Waals surface area contributed by atoms with Crippen LogP contribution >= 0.6 is 0 Å². The molecule has 2 saturated carbocycles. The van der Waals surface area contributed by atoms with Gasteiger partial charge in [-0.05, 0) is 93.2 Å². The molecule has 3 aliphatic carbocycles. The van der Waals surface area contributed by atoms with Gasteiger partial charge in [-0.15, -0.1) is 0 Å². The average molecular weight is 603 g/mol. The smallest absolute Gasteiger partial charge is 0.410 e. The SMILES string of the molecule is COC1CCC([Si](C)(C)[C@H]2[C@H](CCO)O[C@@]3(C(=O)N(CC4CCC(N5CCOC5=O)CC4)C4=C3CCCC4)[C@@H]2C)CC1. The number of aliphatic hydroxyl groups is 1. The van der Waals surface area contributed by atoms with Gasteiger partial charge in [0.25, 0.3) is 5.91 Å². The third kappa shape index (κ3) is 5.08. The van der Waals surface area contributed by atoms with Crippen LogP contribution in [0.2, 0.25) is 24.2 Å². The highest BCUT2D eigenvalue weighted by Gasteiger charge is 2.67. The largest absolute Gasteiger partial charge is 0.448 e. The van der Waals surface area contributed by atoms with Crippen molar-refractivity contribution in [3.8, 4) is 0 Å². The van der Waals surface area contributed by atoms with Crippen LogP contribution in [0.15, 0.2) is 11.3 Å². The predicted molar refractivity (Wildman–Crippen MR) is 164 cm³/mol. The van der Waals surface area contributed by atoms with Crippen molar-refractivity contribution in [2.24, 2.45) is 11.8 Å². The molecule has 0 unspecified atom stereocenters. The van der Waals surface area contributed by atoms with Crippen LogP contribution < -0.4 is 0 Å². The molecule has 2 saturated heterocycles. The lowest BCUT2D eigenvalue weighted by Crippen LogP contribution is -2.50. The fraction of sp³-hybridized carbons (Fsp3) is 0.879. The van der Waals surface area contributed by atoms with Gasteiger partial charge in [-0.25, -0.2) is 4.79 Å². The molecule has 236 valence electrons. The molecule has 0 radical (unpaired) electrons. The standard InChI is InChI=1S/C33H54N2O6Si/c1-22-30(42(3,4)26-15-13-25(39-2)14-16-26)29(17-19-36)41-33(22)27-7-5-6-8-28(27)35(31(33)37)21-23-9-11-24(12-10-23)34-18-20-40-32(34)38/h22-26,29-30,36H,5-21H2,1-4H3/t22-,23?,24?,25?,26?,29+,30-,33+/m1/s1. The van der Waals surface area contributed by atoms with Crippen LogP contribution in [-0.2, 0) is 19.0 Å². The number of rotatable bonds is 8. The van der Waals surface area contributed by atoms with E-state index in [0.29, 0.717) is 42.7 Å². The number of carbonyl (C=O) groups is 2. The number of nitrogens with zero attached hydrogens (tertiary/aromatic N) is 2. The van der Waals surface area contributed by atoms with E-state index in [-0.39, 0.29) is 36.7 Å². The zero-order valence-electron chi connectivity index (χ0n) is 26.4. The fourth-order valence-electron chi connectivity index (χ4n) is 10.3. The van der Waals surface area contributed by atoms with Crippen LogP contribution in [0.1, 0.15) is 90.4 Å². The van der Waals surface area contributed by atoms with Crippen LogP contribution in [0.4, 0.5) is 4.79 Å². The second-order valence-corrected chi connectivity index (χ2v) is 19.9. The fourth-order valence-corrected chi connectivity index (χ4v) is 15.3.